The van der Waals surface area contributed by atoms with Crippen molar-refractivity contribution in [1.29, 1.82) is 0 Å². The van der Waals surface area contributed by atoms with Crippen molar-refractivity contribution in [3.63, 3.8) is 0 Å². The van der Waals surface area contributed by atoms with Gasteiger partial charge in [-0.1, -0.05) is 26.2 Å². The van der Waals surface area contributed by atoms with E-state index in [2.05, 4.69) is 17.1 Å². The highest BCUT2D eigenvalue weighted by molar-refractivity contribution is 5.82. The number of hydrogen-bond acceptors (Lipinski definition) is 2. The van der Waals surface area contributed by atoms with Crippen LogP contribution in [0.4, 0.5) is 0 Å². The van der Waals surface area contributed by atoms with Crippen LogP contribution in [-0.4, -0.2) is 37.0 Å². The maximum atomic E-state index is 12.6. The van der Waals surface area contributed by atoms with E-state index >= 15 is 0 Å². The van der Waals surface area contributed by atoms with Crippen molar-refractivity contribution in [3.8, 4) is 0 Å². The van der Waals surface area contributed by atoms with Crippen LogP contribution in [0.3, 0.4) is 0 Å². The fourth-order valence-corrected chi connectivity index (χ4v) is 3.30. The number of likely N-dealkylation sites (tertiary alicyclic amines) is 1. The van der Waals surface area contributed by atoms with Crippen LogP contribution < -0.4 is 5.32 Å². The number of nitrogens with zero attached hydrogens (tertiary/aromatic N) is 1. The zero-order valence-electron chi connectivity index (χ0n) is 11.3. The van der Waals surface area contributed by atoms with Gasteiger partial charge in [0.2, 0.25) is 5.91 Å². The van der Waals surface area contributed by atoms with E-state index in [9.17, 15) is 4.79 Å². The third-order valence-corrected chi connectivity index (χ3v) is 4.66. The first-order valence-corrected chi connectivity index (χ1v) is 7.12. The molecule has 1 heterocycles. The van der Waals surface area contributed by atoms with Gasteiger partial charge in [0.25, 0.3) is 0 Å². The van der Waals surface area contributed by atoms with Gasteiger partial charge in [0.05, 0.1) is 0 Å². The molecular formula is C14H26N2O. The molecule has 0 spiro atoms. The molecule has 2 aliphatic rings. The average Bonchev–Trinajstić information content (AvgIpc) is 2.39. The Kier molecular flexibility index (Phi) is 4.08. The number of carbonyl (C=O) groups excluding carboxylic acids is 1. The van der Waals surface area contributed by atoms with E-state index in [0.29, 0.717) is 11.9 Å². The summed E-state index contributed by atoms with van der Waals surface area (Å²) in [6.45, 7) is 4.07. The second-order valence-corrected chi connectivity index (χ2v) is 5.98. The van der Waals surface area contributed by atoms with Crippen LogP contribution in [0.5, 0.6) is 0 Å². The van der Waals surface area contributed by atoms with Gasteiger partial charge in [-0.25, -0.2) is 0 Å². The Hall–Kier alpha value is -0.570. The second-order valence-electron chi connectivity index (χ2n) is 5.98. The number of hydrogen-bond donors (Lipinski definition) is 1. The third kappa shape index (κ3) is 2.82. The molecule has 1 aliphatic carbocycles. The summed E-state index contributed by atoms with van der Waals surface area (Å²) in [6.07, 6.45) is 8.18. The van der Waals surface area contributed by atoms with Crippen molar-refractivity contribution in [2.45, 2.75) is 57.9 Å². The monoisotopic (exact) mass is 238 g/mol. The minimum Gasteiger partial charge on any atom is -0.342 e. The summed E-state index contributed by atoms with van der Waals surface area (Å²) < 4.78 is 0. The normalized spacial score (nSPS) is 25.9. The summed E-state index contributed by atoms with van der Waals surface area (Å²) in [5.74, 6) is 0.423. The standard InChI is InChI=1S/C14H26N2O/c1-14(8-4-3-5-9-14)13(17)16-10-6-12(15-2)7-11-16/h12,15H,3-11H2,1-2H3. The van der Waals surface area contributed by atoms with Crippen molar-refractivity contribution in [1.82, 2.24) is 10.2 Å². The summed E-state index contributed by atoms with van der Waals surface area (Å²) in [6, 6.07) is 0.609. The highest BCUT2D eigenvalue weighted by Gasteiger charge is 2.38. The molecule has 3 heteroatoms. The van der Waals surface area contributed by atoms with Crippen LogP contribution >= 0.6 is 0 Å². The Bertz CT molecular complexity index is 263. The Morgan fingerprint density at radius 2 is 1.76 bits per heavy atom. The molecule has 1 saturated carbocycles. The van der Waals surface area contributed by atoms with Crippen LogP contribution in [0.15, 0.2) is 0 Å². The Labute approximate surface area is 105 Å². The molecule has 1 aliphatic heterocycles. The lowest BCUT2D eigenvalue weighted by Crippen LogP contribution is -2.49. The third-order valence-electron chi connectivity index (χ3n) is 4.66. The molecule has 0 aromatic heterocycles. The van der Waals surface area contributed by atoms with Crippen LogP contribution in [0, 0.1) is 5.41 Å². The fraction of sp³-hybridized carbons (Fsp3) is 0.929. The molecule has 0 unspecified atom stereocenters. The minimum absolute atomic E-state index is 0.0509. The van der Waals surface area contributed by atoms with Crippen LogP contribution in [-0.2, 0) is 4.79 Å². The van der Waals surface area contributed by atoms with Gasteiger partial charge in [0, 0.05) is 24.5 Å². The van der Waals surface area contributed by atoms with Crippen LogP contribution in [0.2, 0.25) is 0 Å². The van der Waals surface area contributed by atoms with Gasteiger partial charge in [0.1, 0.15) is 0 Å². The summed E-state index contributed by atoms with van der Waals surface area (Å²) in [7, 11) is 2.02. The van der Waals surface area contributed by atoms with Crippen molar-refractivity contribution < 1.29 is 4.79 Å². The number of piperidine rings is 1. The minimum atomic E-state index is -0.0509. The second kappa shape index (κ2) is 5.38. The zero-order chi connectivity index (χ0) is 12.3. The van der Waals surface area contributed by atoms with E-state index < -0.39 is 0 Å². The van der Waals surface area contributed by atoms with E-state index in [1.807, 2.05) is 7.05 Å². The van der Waals surface area contributed by atoms with Crippen molar-refractivity contribution in [2.75, 3.05) is 20.1 Å². The predicted octanol–water partition coefficient (Wildman–Crippen LogP) is 2.17. The van der Waals surface area contributed by atoms with E-state index in [-0.39, 0.29) is 5.41 Å². The molecule has 0 aromatic carbocycles. The van der Waals surface area contributed by atoms with E-state index in [0.717, 1.165) is 38.8 Å². The topological polar surface area (TPSA) is 32.3 Å². The lowest BCUT2D eigenvalue weighted by molar-refractivity contribution is -0.144. The molecule has 17 heavy (non-hydrogen) atoms. The first-order valence-electron chi connectivity index (χ1n) is 7.12. The number of amides is 1. The van der Waals surface area contributed by atoms with Gasteiger partial charge >= 0.3 is 0 Å². The zero-order valence-corrected chi connectivity index (χ0v) is 11.3. The van der Waals surface area contributed by atoms with Gasteiger partial charge in [-0.3, -0.25) is 4.79 Å². The molecule has 1 saturated heterocycles. The molecule has 3 nitrogen and oxygen atoms in total. The smallest absolute Gasteiger partial charge is 0.228 e. The number of nitrogens with one attached hydrogen (secondary N) is 1. The lowest BCUT2D eigenvalue weighted by Gasteiger charge is -2.40. The summed E-state index contributed by atoms with van der Waals surface area (Å²) in [5, 5.41) is 3.31. The fourth-order valence-electron chi connectivity index (χ4n) is 3.30. The Morgan fingerprint density at radius 3 is 2.29 bits per heavy atom. The van der Waals surface area contributed by atoms with Crippen molar-refractivity contribution in [2.24, 2.45) is 5.41 Å². The first kappa shape index (κ1) is 12.9. The summed E-state index contributed by atoms with van der Waals surface area (Å²) >= 11 is 0. The predicted molar refractivity (Wildman–Crippen MR) is 69.9 cm³/mol. The maximum Gasteiger partial charge on any atom is 0.228 e. The highest BCUT2D eigenvalue weighted by atomic mass is 16.2. The van der Waals surface area contributed by atoms with Gasteiger partial charge in [0.15, 0.2) is 0 Å². The first-order chi connectivity index (χ1) is 8.15. The molecule has 98 valence electrons. The van der Waals surface area contributed by atoms with Gasteiger partial charge in [-0.05, 0) is 32.7 Å². The van der Waals surface area contributed by atoms with Crippen LogP contribution in [0.25, 0.3) is 0 Å². The maximum absolute atomic E-state index is 12.6. The highest BCUT2D eigenvalue weighted by Crippen LogP contribution is 2.37. The lowest BCUT2D eigenvalue weighted by atomic mass is 9.74. The van der Waals surface area contributed by atoms with Gasteiger partial charge in [-0.2, -0.15) is 0 Å². The molecule has 2 fully saturated rings. The molecule has 1 N–H and O–H groups in total. The molecule has 0 atom stereocenters. The van der Waals surface area contributed by atoms with E-state index in [1.165, 1.54) is 19.3 Å². The van der Waals surface area contributed by atoms with Gasteiger partial charge in [-0.15, -0.1) is 0 Å². The molecule has 0 radical (unpaired) electrons. The average molecular weight is 238 g/mol. The number of carbonyl (C=O) groups is 1. The summed E-state index contributed by atoms with van der Waals surface area (Å²) in [4.78, 5) is 14.7. The molecule has 2 rings (SSSR count). The molecule has 0 bridgehead atoms. The number of rotatable bonds is 2. The van der Waals surface area contributed by atoms with Gasteiger partial charge < -0.3 is 10.2 Å². The van der Waals surface area contributed by atoms with E-state index in [4.69, 9.17) is 0 Å². The van der Waals surface area contributed by atoms with E-state index in [1.54, 1.807) is 0 Å². The largest absolute Gasteiger partial charge is 0.342 e. The molecule has 0 aromatic rings. The van der Waals surface area contributed by atoms with Crippen molar-refractivity contribution >= 4 is 5.91 Å². The SMILES string of the molecule is CNC1CCN(C(=O)C2(C)CCCCC2)CC1. The molecular weight excluding hydrogens is 212 g/mol. The van der Waals surface area contributed by atoms with Crippen LogP contribution in [0.1, 0.15) is 51.9 Å². The Morgan fingerprint density at radius 1 is 1.18 bits per heavy atom. The van der Waals surface area contributed by atoms with Crippen molar-refractivity contribution in [3.05, 3.63) is 0 Å². The molecule has 1 amide bonds. The Balaban J connectivity index is 1.91. The quantitative estimate of drug-likeness (QED) is 0.799. The summed E-state index contributed by atoms with van der Waals surface area (Å²) in [5.41, 5.74) is -0.0509.